The van der Waals surface area contributed by atoms with Gasteiger partial charge in [0.1, 0.15) is 0 Å². The summed E-state index contributed by atoms with van der Waals surface area (Å²) < 4.78 is 21.5. The van der Waals surface area contributed by atoms with Gasteiger partial charge in [-0.25, -0.2) is 0 Å². The van der Waals surface area contributed by atoms with Gasteiger partial charge in [-0.05, 0) is 22.7 Å². The molecule has 0 heterocycles. The van der Waals surface area contributed by atoms with Crippen molar-refractivity contribution in [2.75, 3.05) is 0 Å². The Morgan fingerprint density at radius 1 is 1.38 bits per heavy atom. The van der Waals surface area contributed by atoms with E-state index in [2.05, 4.69) is 6.58 Å². The van der Waals surface area contributed by atoms with E-state index in [-0.39, 0.29) is 0 Å². The van der Waals surface area contributed by atoms with Gasteiger partial charge < -0.3 is 4.55 Å². The van der Waals surface area contributed by atoms with Crippen LogP contribution in [0, 0.1) is 0 Å². The van der Waals surface area contributed by atoms with Crippen LogP contribution in [0.2, 0.25) is 0 Å². The first kappa shape index (κ1) is 9.89. The summed E-state index contributed by atoms with van der Waals surface area (Å²) >= 11 is -2.18. The Hall–Kier alpha value is -1.19. The van der Waals surface area contributed by atoms with Crippen LogP contribution in [0.4, 0.5) is 0 Å². The molecule has 0 aliphatic rings. The van der Waals surface area contributed by atoms with Gasteiger partial charge in [0.05, 0.1) is 0 Å². The molecule has 0 saturated heterocycles. The molecule has 0 aliphatic carbocycles. The van der Waals surface area contributed by atoms with Crippen LogP contribution in [-0.4, -0.2) is 8.76 Å². The Bertz CT molecular complexity index is 356. The van der Waals surface area contributed by atoms with E-state index < -0.39 is 11.1 Å². The number of allylic oxidation sites excluding steroid dienone is 2. The predicted octanol–water partition coefficient (Wildman–Crippen LogP) is 2.12. The molecule has 0 N–H and O–H groups in total. The molecule has 1 atom stereocenters. The van der Waals surface area contributed by atoms with E-state index in [4.69, 9.17) is 0 Å². The highest BCUT2D eigenvalue weighted by Crippen LogP contribution is 2.13. The van der Waals surface area contributed by atoms with Crippen molar-refractivity contribution in [1.29, 1.82) is 0 Å². The third-order valence-electron chi connectivity index (χ3n) is 1.51. The van der Waals surface area contributed by atoms with Crippen LogP contribution in [0.3, 0.4) is 0 Å². The lowest BCUT2D eigenvalue weighted by atomic mass is 10.2. The predicted molar refractivity (Wildman–Crippen MR) is 52.9 cm³/mol. The number of hydrogen-bond acceptors (Lipinski definition) is 2. The molecule has 0 radical (unpaired) electrons. The van der Waals surface area contributed by atoms with Crippen LogP contribution in [0.15, 0.2) is 47.9 Å². The highest BCUT2D eigenvalue weighted by atomic mass is 32.2. The molecule has 68 valence electrons. The van der Waals surface area contributed by atoms with Gasteiger partial charge in [-0.3, -0.25) is 4.21 Å². The highest BCUT2D eigenvalue weighted by molar-refractivity contribution is 7.79. The van der Waals surface area contributed by atoms with Crippen LogP contribution < -0.4 is 0 Å². The lowest BCUT2D eigenvalue weighted by Crippen LogP contribution is -1.91. The normalized spacial score (nSPS) is 13.0. The van der Waals surface area contributed by atoms with E-state index in [1.807, 2.05) is 0 Å². The molecule has 1 unspecified atom stereocenters. The van der Waals surface area contributed by atoms with E-state index in [0.717, 1.165) is 0 Å². The molecule has 0 spiro atoms. The second-order valence-electron chi connectivity index (χ2n) is 2.37. The Kier molecular flexibility index (Phi) is 3.61. The van der Waals surface area contributed by atoms with E-state index in [0.29, 0.717) is 10.5 Å². The Morgan fingerprint density at radius 3 is 2.69 bits per heavy atom. The van der Waals surface area contributed by atoms with Gasteiger partial charge in [-0.1, -0.05) is 43.0 Å². The summed E-state index contributed by atoms with van der Waals surface area (Å²) in [7, 11) is 0. The van der Waals surface area contributed by atoms with Gasteiger partial charge in [0.25, 0.3) is 0 Å². The van der Waals surface area contributed by atoms with Gasteiger partial charge in [0, 0.05) is 4.90 Å². The SMILES string of the molecule is C=CC=Cc1ccccc1S(=O)[O-]. The summed E-state index contributed by atoms with van der Waals surface area (Å²) in [6.07, 6.45) is 5.01. The molecule has 0 aliphatic heterocycles. The molecule has 0 aromatic heterocycles. The molecule has 0 amide bonds. The number of rotatable bonds is 3. The molecular weight excluding hydrogens is 184 g/mol. The van der Waals surface area contributed by atoms with E-state index in [9.17, 15) is 8.76 Å². The molecule has 1 aromatic rings. The number of benzene rings is 1. The highest BCUT2D eigenvalue weighted by Gasteiger charge is 1.96. The van der Waals surface area contributed by atoms with E-state index in [1.54, 1.807) is 42.5 Å². The minimum atomic E-state index is -2.18. The van der Waals surface area contributed by atoms with Crippen molar-refractivity contribution in [3.05, 3.63) is 48.6 Å². The first-order valence-electron chi connectivity index (χ1n) is 3.73. The standard InChI is InChI=1S/C10H10O2S/c1-2-3-6-9-7-4-5-8-10(9)13(11)12/h2-8H,1H2,(H,11,12)/p-1. The maximum atomic E-state index is 10.7. The summed E-state index contributed by atoms with van der Waals surface area (Å²) in [6, 6.07) is 6.78. The molecule has 0 bridgehead atoms. The largest absolute Gasteiger partial charge is 0.768 e. The van der Waals surface area contributed by atoms with Crippen LogP contribution in [0.5, 0.6) is 0 Å². The zero-order chi connectivity index (χ0) is 9.68. The lowest BCUT2D eigenvalue weighted by molar-refractivity contribution is 0.537. The molecule has 0 saturated carbocycles. The van der Waals surface area contributed by atoms with Crippen molar-refractivity contribution in [3.63, 3.8) is 0 Å². The third-order valence-corrected chi connectivity index (χ3v) is 2.24. The monoisotopic (exact) mass is 193 g/mol. The summed E-state index contributed by atoms with van der Waals surface area (Å²) in [5.41, 5.74) is 0.677. The van der Waals surface area contributed by atoms with Crippen molar-refractivity contribution in [1.82, 2.24) is 0 Å². The fourth-order valence-electron chi connectivity index (χ4n) is 0.942. The molecule has 1 aromatic carbocycles. The molecule has 1 rings (SSSR count). The van der Waals surface area contributed by atoms with Crippen LogP contribution >= 0.6 is 0 Å². The summed E-state index contributed by atoms with van der Waals surface area (Å²) in [4.78, 5) is 0.306. The summed E-state index contributed by atoms with van der Waals surface area (Å²) in [5.74, 6) is 0. The second-order valence-corrected chi connectivity index (χ2v) is 3.28. The van der Waals surface area contributed by atoms with Crippen molar-refractivity contribution in [2.45, 2.75) is 4.90 Å². The summed E-state index contributed by atoms with van der Waals surface area (Å²) in [5, 5.41) is 0. The van der Waals surface area contributed by atoms with Crippen molar-refractivity contribution >= 4 is 17.2 Å². The first-order valence-corrected chi connectivity index (χ1v) is 4.80. The number of hydrogen-bond donors (Lipinski definition) is 0. The molecular formula is C10H9O2S-. The maximum absolute atomic E-state index is 10.7. The van der Waals surface area contributed by atoms with Gasteiger partial charge in [0.2, 0.25) is 0 Å². The maximum Gasteiger partial charge on any atom is 0.0321 e. The van der Waals surface area contributed by atoms with Gasteiger partial charge in [0.15, 0.2) is 0 Å². The van der Waals surface area contributed by atoms with E-state index in [1.165, 1.54) is 0 Å². The van der Waals surface area contributed by atoms with Gasteiger partial charge >= 0.3 is 0 Å². The third kappa shape index (κ3) is 2.65. The average Bonchev–Trinajstić information content (AvgIpc) is 2.15. The van der Waals surface area contributed by atoms with Crippen molar-refractivity contribution in [2.24, 2.45) is 0 Å². The van der Waals surface area contributed by atoms with Crippen LogP contribution in [0.1, 0.15) is 5.56 Å². The minimum absolute atomic E-state index is 0.306. The van der Waals surface area contributed by atoms with Gasteiger partial charge in [-0.15, -0.1) is 0 Å². The van der Waals surface area contributed by atoms with E-state index >= 15 is 0 Å². The van der Waals surface area contributed by atoms with Gasteiger partial charge in [-0.2, -0.15) is 0 Å². The fraction of sp³-hybridized carbons (Fsp3) is 0. The Balaban J connectivity index is 3.11. The first-order chi connectivity index (χ1) is 6.25. The lowest BCUT2D eigenvalue weighted by Gasteiger charge is -2.07. The zero-order valence-corrected chi connectivity index (χ0v) is 7.79. The topological polar surface area (TPSA) is 40.1 Å². The fourth-order valence-corrected chi connectivity index (χ4v) is 1.46. The second kappa shape index (κ2) is 4.74. The molecule has 2 nitrogen and oxygen atoms in total. The van der Waals surface area contributed by atoms with Crippen molar-refractivity contribution in [3.8, 4) is 0 Å². The zero-order valence-electron chi connectivity index (χ0n) is 6.97. The smallest absolute Gasteiger partial charge is 0.0321 e. The molecule has 0 fully saturated rings. The van der Waals surface area contributed by atoms with Crippen molar-refractivity contribution < 1.29 is 8.76 Å². The molecule has 3 heteroatoms. The summed E-state index contributed by atoms with van der Waals surface area (Å²) in [6.45, 7) is 3.51. The Morgan fingerprint density at radius 2 is 2.08 bits per heavy atom. The Labute approximate surface area is 79.9 Å². The van der Waals surface area contributed by atoms with Crippen LogP contribution in [-0.2, 0) is 11.1 Å². The quantitative estimate of drug-likeness (QED) is 0.545. The van der Waals surface area contributed by atoms with Crippen LogP contribution in [0.25, 0.3) is 6.08 Å². The molecule has 13 heavy (non-hydrogen) atoms. The average molecular weight is 193 g/mol. The minimum Gasteiger partial charge on any atom is -0.768 e.